The Hall–Kier alpha value is -4.16. The van der Waals surface area contributed by atoms with Crippen LogP contribution in [0.4, 0.5) is 0 Å². The van der Waals surface area contributed by atoms with Crippen LogP contribution in [0.3, 0.4) is 0 Å². The van der Waals surface area contributed by atoms with Crippen LogP contribution >= 0.6 is 0 Å². The lowest BCUT2D eigenvalue weighted by atomic mass is 10.4. The third-order valence-electron chi connectivity index (χ3n) is 8.44. The van der Waals surface area contributed by atoms with Gasteiger partial charge in [-0.1, -0.05) is 5.21 Å². The second kappa shape index (κ2) is 37.9. The summed E-state index contributed by atoms with van der Waals surface area (Å²) in [5.74, 6) is -3.66. The summed E-state index contributed by atoms with van der Waals surface area (Å²) in [6, 6.07) is 0. The number of aromatic nitrogens is 3. The molecule has 1 aromatic heterocycles. The average molecular weight is 952 g/mol. The molecule has 0 N–H and O–H groups in total. The highest BCUT2D eigenvalue weighted by molar-refractivity contribution is 6.02. The first-order valence-corrected chi connectivity index (χ1v) is 21.9. The van der Waals surface area contributed by atoms with Gasteiger partial charge in [-0.3, -0.25) is 19.2 Å². The maximum absolute atomic E-state index is 12.0. The van der Waals surface area contributed by atoms with Gasteiger partial charge in [0.1, 0.15) is 12.2 Å². The maximum atomic E-state index is 12.0. The molecule has 3 heterocycles. The zero-order valence-corrected chi connectivity index (χ0v) is 37.5. The van der Waals surface area contributed by atoms with Crippen LogP contribution in [0.25, 0.3) is 0 Å². The molecular weight excluding hydrogens is 886 g/mol. The first kappa shape index (κ1) is 56.2. The Morgan fingerprint density at radius 3 is 0.985 bits per heavy atom. The van der Waals surface area contributed by atoms with Crippen LogP contribution in [-0.2, 0) is 113 Å². The number of rotatable bonds is 45. The SMILES string of the molecule is O=C(CCOCCOCCOCCOCCOCCOCCOCCOCCOCCOCCOCCOCCOCc1cn(CC(=O)ON2C(=O)CCC2=O)nn1)ON1C(=O)CCC1=O. The molecule has 26 heteroatoms. The van der Waals surface area contributed by atoms with E-state index in [1.54, 1.807) is 0 Å². The van der Waals surface area contributed by atoms with Crippen molar-refractivity contribution in [2.45, 2.75) is 45.3 Å². The zero-order chi connectivity index (χ0) is 47.1. The van der Waals surface area contributed by atoms with E-state index in [-0.39, 0.29) is 58.5 Å². The van der Waals surface area contributed by atoms with Crippen LogP contribution in [0.15, 0.2) is 6.20 Å². The minimum Gasteiger partial charge on any atom is -0.378 e. The Morgan fingerprint density at radius 1 is 0.394 bits per heavy atom. The number of amides is 4. The number of carbonyl (C=O) groups is 6. The number of nitrogens with zero attached hydrogens (tertiary/aromatic N) is 5. The van der Waals surface area contributed by atoms with E-state index in [0.29, 0.717) is 168 Å². The van der Waals surface area contributed by atoms with Gasteiger partial charge in [0.25, 0.3) is 23.6 Å². The predicted molar refractivity (Wildman–Crippen MR) is 218 cm³/mol. The molecule has 376 valence electrons. The number of hydrogen-bond acceptors (Lipinski definition) is 23. The van der Waals surface area contributed by atoms with Crippen molar-refractivity contribution >= 4 is 35.6 Å². The van der Waals surface area contributed by atoms with Gasteiger partial charge in [0, 0.05) is 25.7 Å². The van der Waals surface area contributed by atoms with Gasteiger partial charge in [-0.05, 0) is 0 Å². The van der Waals surface area contributed by atoms with E-state index in [1.165, 1.54) is 10.9 Å². The lowest BCUT2D eigenvalue weighted by molar-refractivity contribution is -0.198. The summed E-state index contributed by atoms with van der Waals surface area (Å²) in [5.41, 5.74) is 0.487. The van der Waals surface area contributed by atoms with Gasteiger partial charge in [-0.2, -0.15) is 0 Å². The fourth-order valence-electron chi connectivity index (χ4n) is 5.18. The molecule has 4 amide bonds. The molecule has 2 aliphatic heterocycles. The summed E-state index contributed by atoms with van der Waals surface area (Å²) < 4.78 is 72.1. The zero-order valence-electron chi connectivity index (χ0n) is 37.5. The topological polar surface area (TPSA) is 278 Å². The van der Waals surface area contributed by atoms with Crippen LogP contribution in [0, 0.1) is 0 Å². The van der Waals surface area contributed by atoms with Gasteiger partial charge in [0.2, 0.25) is 0 Å². The van der Waals surface area contributed by atoms with Crippen molar-refractivity contribution in [3.05, 3.63) is 11.9 Å². The van der Waals surface area contributed by atoms with E-state index < -0.39 is 35.6 Å². The summed E-state index contributed by atoms with van der Waals surface area (Å²) in [4.78, 5) is 79.1. The van der Waals surface area contributed by atoms with Gasteiger partial charge in [0.05, 0.1) is 184 Å². The summed E-state index contributed by atoms with van der Waals surface area (Å²) in [5, 5.41) is 8.71. The molecule has 0 aliphatic carbocycles. The van der Waals surface area contributed by atoms with Crippen molar-refractivity contribution in [1.29, 1.82) is 0 Å². The summed E-state index contributed by atoms with van der Waals surface area (Å²) >= 11 is 0. The molecule has 0 saturated carbocycles. The maximum Gasteiger partial charge on any atom is 0.354 e. The van der Waals surface area contributed by atoms with Gasteiger partial charge in [-0.15, -0.1) is 15.2 Å². The number of hydroxylamine groups is 4. The summed E-state index contributed by atoms with van der Waals surface area (Å²) in [6.45, 7) is 9.85. The number of imide groups is 2. The molecule has 3 rings (SSSR count). The standard InChI is InChI=1S/C40H65N5O21/c46-35-1-2-36(47)44(35)65-39(50)5-6-52-7-8-53-9-10-54-11-12-55-13-14-56-15-16-57-17-18-58-19-20-59-21-22-60-23-24-61-25-26-62-27-28-63-29-30-64-33-34-31-43(42-41-34)32-40(51)66-45-37(48)3-4-38(45)49/h31H,1-30,32-33H2. The first-order valence-electron chi connectivity index (χ1n) is 21.9. The van der Waals surface area contributed by atoms with Crippen LogP contribution in [-0.4, -0.2) is 226 Å². The molecule has 66 heavy (non-hydrogen) atoms. The van der Waals surface area contributed by atoms with E-state index in [2.05, 4.69) is 10.3 Å². The van der Waals surface area contributed by atoms with E-state index in [1.807, 2.05) is 0 Å². The highest BCUT2D eigenvalue weighted by Crippen LogP contribution is 2.13. The molecule has 0 unspecified atom stereocenters. The summed E-state index contributed by atoms with van der Waals surface area (Å²) in [7, 11) is 0. The molecule has 0 bridgehead atoms. The molecule has 2 saturated heterocycles. The molecule has 2 fully saturated rings. The highest BCUT2D eigenvalue weighted by Gasteiger charge is 2.33. The second-order valence-electron chi connectivity index (χ2n) is 13.6. The molecule has 1 aromatic rings. The van der Waals surface area contributed by atoms with Crippen LogP contribution in [0.1, 0.15) is 37.8 Å². The smallest absolute Gasteiger partial charge is 0.354 e. The van der Waals surface area contributed by atoms with Crippen molar-refractivity contribution in [3.8, 4) is 0 Å². The second-order valence-corrected chi connectivity index (χ2v) is 13.6. The molecule has 0 radical (unpaired) electrons. The van der Waals surface area contributed by atoms with E-state index in [9.17, 15) is 28.8 Å². The third kappa shape index (κ3) is 28.1. The third-order valence-corrected chi connectivity index (χ3v) is 8.44. The predicted octanol–water partition coefficient (Wildman–Crippen LogP) is -1.40. The van der Waals surface area contributed by atoms with E-state index in [4.69, 9.17) is 71.3 Å². The average Bonchev–Trinajstić information content (AvgIpc) is 3.99. The van der Waals surface area contributed by atoms with Crippen molar-refractivity contribution < 1.29 is 100 Å². The first-order chi connectivity index (χ1) is 32.3. The molecule has 2 aliphatic rings. The molecular formula is C40H65N5O21. The summed E-state index contributed by atoms with van der Waals surface area (Å²) in [6.07, 6.45) is 1.56. The van der Waals surface area contributed by atoms with Crippen LogP contribution < -0.4 is 0 Å². The quantitative estimate of drug-likeness (QED) is 0.0537. The fraction of sp³-hybridized carbons (Fsp3) is 0.800. The lowest BCUT2D eigenvalue weighted by Crippen LogP contribution is -2.33. The molecule has 0 atom stereocenters. The number of hydrogen-bond donors (Lipinski definition) is 0. The van der Waals surface area contributed by atoms with Crippen LogP contribution in [0.2, 0.25) is 0 Å². The number of ether oxygens (including phenoxy) is 13. The molecule has 0 spiro atoms. The van der Waals surface area contributed by atoms with Crippen molar-refractivity contribution in [2.24, 2.45) is 0 Å². The Bertz CT molecular complexity index is 1470. The normalized spacial score (nSPS) is 14.1. The van der Waals surface area contributed by atoms with Gasteiger partial charge in [-0.25, -0.2) is 14.3 Å². The highest BCUT2D eigenvalue weighted by atomic mass is 16.7. The Kier molecular flexibility index (Phi) is 32.2. The molecule has 26 nitrogen and oxygen atoms in total. The van der Waals surface area contributed by atoms with Crippen molar-refractivity contribution in [2.75, 3.05) is 165 Å². The molecule has 0 aromatic carbocycles. The van der Waals surface area contributed by atoms with E-state index in [0.717, 1.165) is 0 Å². The van der Waals surface area contributed by atoms with Crippen LogP contribution in [0.5, 0.6) is 0 Å². The fourth-order valence-corrected chi connectivity index (χ4v) is 5.18. The van der Waals surface area contributed by atoms with Gasteiger partial charge >= 0.3 is 11.9 Å². The lowest BCUT2D eigenvalue weighted by Gasteiger charge is -2.12. The van der Waals surface area contributed by atoms with Gasteiger partial charge in [0.15, 0.2) is 0 Å². The van der Waals surface area contributed by atoms with Crippen molar-refractivity contribution in [3.63, 3.8) is 0 Å². The largest absolute Gasteiger partial charge is 0.378 e. The Morgan fingerprint density at radius 2 is 0.667 bits per heavy atom. The van der Waals surface area contributed by atoms with E-state index >= 15 is 0 Å². The Labute approximate surface area is 382 Å². The number of carbonyl (C=O) groups excluding carboxylic acids is 6. The minimum absolute atomic E-state index is 0.0200. The van der Waals surface area contributed by atoms with Crippen molar-refractivity contribution in [1.82, 2.24) is 25.1 Å². The minimum atomic E-state index is -0.813. The Balaban J connectivity index is 0.902. The monoisotopic (exact) mass is 951 g/mol. The van der Waals surface area contributed by atoms with Gasteiger partial charge < -0.3 is 71.3 Å².